The quantitative estimate of drug-likeness (QED) is 0.809. The summed E-state index contributed by atoms with van der Waals surface area (Å²) in [5, 5.41) is 12.3. The first kappa shape index (κ1) is 18.2. The Balaban J connectivity index is 2.57. The molecular weight excluding hydrogens is 304 g/mol. The Kier molecular flexibility index (Phi) is 6.46. The van der Waals surface area contributed by atoms with E-state index in [2.05, 4.69) is 36.3 Å². The fourth-order valence-corrected chi connectivity index (χ4v) is 3.84. The minimum Gasteiger partial charge on any atom is -0.355 e. The van der Waals surface area contributed by atoms with Crippen LogP contribution in [0, 0.1) is 0 Å². The summed E-state index contributed by atoms with van der Waals surface area (Å²) in [5.41, 5.74) is -0.0383. The van der Waals surface area contributed by atoms with E-state index >= 15 is 0 Å². The zero-order valence-corrected chi connectivity index (χ0v) is 15.6. The summed E-state index contributed by atoms with van der Waals surface area (Å²) < 4.78 is 0.822. The summed E-state index contributed by atoms with van der Waals surface area (Å²) in [6.45, 7) is 14.4. The lowest BCUT2D eigenvalue weighted by Crippen LogP contribution is -2.43. The van der Waals surface area contributed by atoms with Crippen molar-refractivity contribution in [2.24, 2.45) is 0 Å². The maximum Gasteiger partial charge on any atom is 0.233 e. The smallest absolute Gasteiger partial charge is 0.233 e. The van der Waals surface area contributed by atoms with Gasteiger partial charge in [-0.15, -0.1) is 10.2 Å². The number of carbonyl (C=O) groups is 1. The predicted octanol–water partition coefficient (Wildman–Crippen LogP) is 3.49. The van der Waals surface area contributed by atoms with E-state index in [4.69, 9.17) is 0 Å². The van der Waals surface area contributed by atoms with Gasteiger partial charge >= 0.3 is 0 Å². The summed E-state index contributed by atoms with van der Waals surface area (Å²) in [6, 6.07) is 0.427. The normalized spacial score (nSPS) is 12.0. The fraction of sp³-hybridized carbons (Fsp3) is 0.786. The van der Waals surface area contributed by atoms with Gasteiger partial charge in [-0.2, -0.15) is 0 Å². The van der Waals surface area contributed by atoms with Crippen molar-refractivity contribution in [3.63, 3.8) is 0 Å². The van der Waals surface area contributed by atoms with Crippen molar-refractivity contribution < 1.29 is 4.79 Å². The SMILES string of the molecule is CC(C)N(C(=O)CSc1nnc(NC(C)(C)C)s1)C(C)C. The van der Waals surface area contributed by atoms with Gasteiger partial charge in [0.1, 0.15) is 0 Å². The lowest BCUT2D eigenvalue weighted by atomic mass is 10.1. The molecule has 5 nitrogen and oxygen atoms in total. The van der Waals surface area contributed by atoms with E-state index in [0.29, 0.717) is 5.75 Å². The van der Waals surface area contributed by atoms with E-state index in [-0.39, 0.29) is 23.5 Å². The van der Waals surface area contributed by atoms with E-state index in [1.807, 2.05) is 32.6 Å². The minimum atomic E-state index is -0.0383. The van der Waals surface area contributed by atoms with Crippen molar-refractivity contribution in [1.29, 1.82) is 0 Å². The van der Waals surface area contributed by atoms with Crippen LogP contribution in [-0.4, -0.2) is 44.4 Å². The first-order valence-corrected chi connectivity index (χ1v) is 8.96. The first-order chi connectivity index (χ1) is 9.60. The predicted molar refractivity (Wildman–Crippen MR) is 91.1 cm³/mol. The highest BCUT2D eigenvalue weighted by Crippen LogP contribution is 2.27. The molecule has 1 N–H and O–H groups in total. The van der Waals surface area contributed by atoms with E-state index < -0.39 is 0 Å². The van der Waals surface area contributed by atoms with Crippen LogP contribution in [0.2, 0.25) is 0 Å². The van der Waals surface area contributed by atoms with E-state index in [1.54, 1.807) is 0 Å². The highest BCUT2D eigenvalue weighted by atomic mass is 32.2. The van der Waals surface area contributed by atoms with Gasteiger partial charge in [-0.3, -0.25) is 4.79 Å². The van der Waals surface area contributed by atoms with Crippen molar-refractivity contribution in [2.45, 2.75) is 70.4 Å². The number of thioether (sulfide) groups is 1. The number of nitrogens with one attached hydrogen (secondary N) is 1. The molecule has 1 aromatic rings. The summed E-state index contributed by atoms with van der Waals surface area (Å²) >= 11 is 2.94. The van der Waals surface area contributed by atoms with Crippen LogP contribution in [0.4, 0.5) is 5.13 Å². The van der Waals surface area contributed by atoms with Crippen LogP contribution in [0.15, 0.2) is 4.34 Å². The molecule has 0 bridgehead atoms. The molecule has 21 heavy (non-hydrogen) atoms. The zero-order valence-electron chi connectivity index (χ0n) is 13.9. The lowest BCUT2D eigenvalue weighted by molar-refractivity contribution is -0.131. The maximum absolute atomic E-state index is 12.3. The molecule has 1 aromatic heterocycles. The molecule has 0 aliphatic rings. The third kappa shape index (κ3) is 6.22. The third-order valence-electron chi connectivity index (χ3n) is 2.61. The first-order valence-electron chi connectivity index (χ1n) is 7.16. The van der Waals surface area contributed by atoms with Crippen molar-refractivity contribution >= 4 is 34.1 Å². The Hall–Kier alpha value is -0.820. The molecule has 0 aliphatic carbocycles. The van der Waals surface area contributed by atoms with Gasteiger partial charge in [-0.1, -0.05) is 23.1 Å². The van der Waals surface area contributed by atoms with Gasteiger partial charge < -0.3 is 10.2 Å². The van der Waals surface area contributed by atoms with Gasteiger partial charge in [0.2, 0.25) is 11.0 Å². The van der Waals surface area contributed by atoms with Gasteiger partial charge in [0, 0.05) is 17.6 Å². The molecule has 7 heteroatoms. The molecule has 0 aliphatic heterocycles. The van der Waals surface area contributed by atoms with Crippen LogP contribution in [0.25, 0.3) is 0 Å². The molecule has 0 saturated carbocycles. The van der Waals surface area contributed by atoms with Crippen LogP contribution in [0.1, 0.15) is 48.5 Å². The molecule has 120 valence electrons. The average molecular weight is 331 g/mol. The number of hydrogen-bond acceptors (Lipinski definition) is 6. The number of aromatic nitrogens is 2. The molecule has 1 rings (SSSR count). The molecule has 1 heterocycles. The second-order valence-electron chi connectivity index (χ2n) is 6.53. The Morgan fingerprint density at radius 3 is 2.29 bits per heavy atom. The van der Waals surface area contributed by atoms with Gasteiger partial charge in [0.25, 0.3) is 0 Å². The molecule has 1 amide bonds. The van der Waals surface area contributed by atoms with E-state index in [9.17, 15) is 4.79 Å². The van der Waals surface area contributed by atoms with Crippen LogP contribution < -0.4 is 5.32 Å². The number of amides is 1. The number of hydrogen-bond donors (Lipinski definition) is 1. The Morgan fingerprint density at radius 1 is 1.24 bits per heavy atom. The van der Waals surface area contributed by atoms with Crippen molar-refractivity contribution in [3.05, 3.63) is 0 Å². The largest absolute Gasteiger partial charge is 0.355 e. The second kappa shape index (κ2) is 7.45. The van der Waals surface area contributed by atoms with Crippen LogP contribution in [0.3, 0.4) is 0 Å². The van der Waals surface area contributed by atoms with Crippen LogP contribution in [0.5, 0.6) is 0 Å². The highest BCUT2D eigenvalue weighted by molar-refractivity contribution is 8.01. The Morgan fingerprint density at radius 2 is 1.81 bits per heavy atom. The monoisotopic (exact) mass is 330 g/mol. The summed E-state index contributed by atoms with van der Waals surface area (Å²) in [4.78, 5) is 14.2. The molecule has 0 aromatic carbocycles. The number of anilines is 1. The molecular formula is C14H26N4OS2. The van der Waals surface area contributed by atoms with Crippen molar-refractivity contribution in [3.8, 4) is 0 Å². The van der Waals surface area contributed by atoms with Crippen molar-refractivity contribution in [2.75, 3.05) is 11.1 Å². The van der Waals surface area contributed by atoms with Gasteiger partial charge in [-0.25, -0.2) is 0 Å². The zero-order chi connectivity index (χ0) is 16.2. The second-order valence-corrected chi connectivity index (χ2v) is 8.73. The minimum absolute atomic E-state index is 0.0383. The van der Waals surface area contributed by atoms with Crippen LogP contribution in [-0.2, 0) is 4.79 Å². The number of nitrogens with zero attached hydrogens (tertiary/aromatic N) is 3. The molecule has 0 spiro atoms. The third-order valence-corrected chi connectivity index (χ3v) is 4.56. The Bertz CT molecular complexity index is 458. The van der Waals surface area contributed by atoms with Crippen molar-refractivity contribution in [1.82, 2.24) is 15.1 Å². The summed E-state index contributed by atoms with van der Waals surface area (Å²) in [7, 11) is 0. The molecule has 0 atom stereocenters. The topological polar surface area (TPSA) is 58.1 Å². The van der Waals surface area contributed by atoms with E-state index in [0.717, 1.165) is 9.47 Å². The Labute approximate surface area is 135 Å². The molecule has 0 radical (unpaired) electrons. The van der Waals surface area contributed by atoms with Gasteiger partial charge in [-0.05, 0) is 48.5 Å². The lowest BCUT2D eigenvalue weighted by Gasteiger charge is -2.30. The fourth-order valence-electron chi connectivity index (χ4n) is 2.01. The average Bonchev–Trinajstić information content (AvgIpc) is 2.70. The van der Waals surface area contributed by atoms with Crippen LogP contribution >= 0.6 is 23.1 Å². The summed E-state index contributed by atoms with van der Waals surface area (Å²) in [5.74, 6) is 0.547. The molecule has 0 fully saturated rings. The van der Waals surface area contributed by atoms with Gasteiger partial charge in [0.05, 0.1) is 5.75 Å². The number of carbonyl (C=O) groups excluding carboxylic acids is 1. The maximum atomic E-state index is 12.3. The van der Waals surface area contributed by atoms with E-state index in [1.165, 1.54) is 23.1 Å². The molecule has 0 unspecified atom stereocenters. The highest BCUT2D eigenvalue weighted by Gasteiger charge is 2.21. The molecule has 0 saturated heterocycles. The van der Waals surface area contributed by atoms with Gasteiger partial charge in [0.15, 0.2) is 4.34 Å². The summed E-state index contributed by atoms with van der Waals surface area (Å²) in [6.07, 6.45) is 0. The number of rotatable bonds is 6. The standard InChI is InChI=1S/C14H26N4OS2/c1-9(2)18(10(3)4)11(19)8-20-13-17-16-12(21-13)15-14(5,6)7/h9-10H,8H2,1-7H3,(H,15,16).